The molecular weight excluding hydrogens is 306 g/mol. The van der Waals surface area contributed by atoms with Crippen molar-refractivity contribution in [1.29, 1.82) is 0 Å². The third-order valence-corrected chi connectivity index (χ3v) is 3.27. The fraction of sp³-hybridized carbons (Fsp3) is 0.267. The van der Waals surface area contributed by atoms with E-state index in [2.05, 4.69) is 15.1 Å². The van der Waals surface area contributed by atoms with Gasteiger partial charge in [0.15, 0.2) is 6.10 Å². The Morgan fingerprint density at radius 2 is 2.13 bits per heavy atom. The fourth-order valence-electron chi connectivity index (χ4n) is 2.14. The molecule has 0 radical (unpaired) electrons. The van der Waals surface area contributed by atoms with Crippen molar-refractivity contribution >= 4 is 5.71 Å². The third kappa shape index (κ3) is 3.59. The lowest BCUT2D eigenvalue weighted by Gasteiger charge is -2.13. The van der Waals surface area contributed by atoms with Gasteiger partial charge < -0.3 is 15.3 Å². The van der Waals surface area contributed by atoms with Gasteiger partial charge in [0.2, 0.25) is 5.95 Å². The maximum absolute atomic E-state index is 13.5. The molecule has 0 fully saturated rings. The van der Waals surface area contributed by atoms with Gasteiger partial charge in [0.1, 0.15) is 23.9 Å². The molecular formula is C15H14F2N4O2. The van der Waals surface area contributed by atoms with Gasteiger partial charge in [0.05, 0.1) is 11.9 Å². The number of pyridine rings is 2. The Hall–Kier alpha value is -2.61. The molecule has 2 aromatic rings. The van der Waals surface area contributed by atoms with Crippen molar-refractivity contribution in [3.05, 3.63) is 42.4 Å². The van der Waals surface area contributed by atoms with Crippen LogP contribution in [0.5, 0.6) is 5.75 Å². The summed E-state index contributed by atoms with van der Waals surface area (Å²) < 4.78 is 32.0. The molecule has 0 aromatic carbocycles. The summed E-state index contributed by atoms with van der Waals surface area (Å²) in [4.78, 5) is 12.7. The third-order valence-electron chi connectivity index (χ3n) is 3.27. The molecule has 6 nitrogen and oxygen atoms in total. The first kappa shape index (κ1) is 15.3. The normalized spacial score (nSPS) is 16.8. The van der Waals surface area contributed by atoms with Crippen LogP contribution in [0.3, 0.4) is 0 Å². The highest BCUT2D eigenvalue weighted by atomic mass is 19.1. The van der Waals surface area contributed by atoms with Crippen LogP contribution in [0.2, 0.25) is 0 Å². The van der Waals surface area contributed by atoms with Gasteiger partial charge >= 0.3 is 0 Å². The highest BCUT2D eigenvalue weighted by molar-refractivity contribution is 5.87. The Morgan fingerprint density at radius 3 is 2.83 bits per heavy atom. The van der Waals surface area contributed by atoms with E-state index in [1.165, 1.54) is 24.4 Å². The van der Waals surface area contributed by atoms with Crippen LogP contribution < -0.4 is 10.5 Å². The first-order valence-electron chi connectivity index (χ1n) is 6.97. The van der Waals surface area contributed by atoms with Crippen molar-refractivity contribution in [3.63, 3.8) is 0 Å². The number of ether oxygens (including phenoxy) is 1. The fourth-order valence-corrected chi connectivity index (χ4v) is 2.14. The van der Waals surface area contributed by atoms with Crippen LogP contribution >= 0.6 is 0 Å². The van der Waals surface area contributed by atoms with Crippen molar-refractivity contribution in [1.82, 2.24) is 9.97 Å². The van der Waals surface area contributed by atoms with Crippen LogP contribution in [0.4, 0.5) is 8.78 Å². The summed E-state index contributed by atoms with van der Waals surface area (Å²) >= 11 is 0. The molecule has 3 heterocycles. The zero-order valence-electron chi connectivity index (χ0n) is 12.1. The lowest BCUT2D eigenvalue weighted by atomic mass is 10.1. The molecule has 0 saturated heterocycles. The lowest BCUT2D eigenvalue weighted by Crippen LogP contribution is -2.21. The molecule has 0 amide bonds. The maximum Gasteiger partial charge on any atom is 0.212 e. The Labute approximate surface area is 130 Å². The van der Waals surface area contributed by atoms with Gasteiger partial charge in [-0.15, -0.1) is 0 Å². The number of nitrogens with two attached hydrogens (primary N) is 1. The Morgan fingerprint density at radius 1 is 1.26 bits per heavy atom. The van der Waals surface area contributed by atoms with Crippen LogP contribution in [0.25, 0.3) is 11.3 Å². The Kier molecular flexibility index (Phi) is 4.42. The number of aromatic nitrogens is 2. The minimum absolute atomic E-state index is 0.166. The summed E-state index contributed by atoms with van der Waals surface area (Å²) in [6, 6.07) is 3.91. The van der Waals surface area contributed by atoms with Crippen LogP contribution in [-0.4, -0.2) is 34.9 Å². The van der Waals surface area contributed by atoms with E-state index in [9.17, 15) is 8.78 Å². The van der Waals surface area contributed by atoms with Crippen molar-refractivity contribution in [2.75, 3.05) is 13.2 Å². The molecule has 0 bridgehead atoms. The predicted molar refractivity (Wildman–Crippen MR) is 78.9 cm³/mol. The largest absolute Gasteiger partial charge is 0.487 e. The molecule has 23 heavy (non-hydrogen) atoms. The molecule has 120 valence electrons. The average Bonchev–Trinajstić information content (AvgIpc) is 3.02. The molecule has 1 aliphatic heterocycles. The quantitative estimate of drug-likeness (QED) is 0.851. The van der Waals surface area contributed by atoms with Gasteiger partial charge in [-0.3, -0.25) is 0 Å². The first-order chi connectivity index (χ1) is 11.2. The number of nitrogens with zero attached hydrogens (tertiary/aromatic N) is 3. The van der Waals surface area contributed by atoms with E-state index >= 15 is 0 Å². The van der Waals surface area contributed by atoms with E-state index in [0.29, 0.717) is 24.2 Å². The predicted octanol–water partition coefficient (Wildman–Crippen LogP) is 1.90. The van der Waals surface area contributed by atoms with Gasteiger partial charge in [-0.05, 0) is 12.1 Å². The Balaban J connectivity index is 1.76. The van der Waals surface area contributed by atoms with Crippen molar-refractivity contribution in [2.45, 2.75) is 12.5 Å². The van der Waals surface area contributed by atoms with E-state index < -0.39 is 11.8 Å². The molecule has 2 N–H and O–H groups in total. The summed E-state index contributed by atoms with van der Waals surface area (Å²) in [5.41, 5.74) is 7.13. The van der Waals surface area contributed by atoms with Gasteiger partial charge in [0.25, 0.3) is 0 Å². The molecule has 0 aliphatic carbocycles. The second-order valence-corrected chi connectivity index (χ2v) is 4.97. The zero-order chi connectivity index (χ0) is 16.2. The van der Waals surface area contributed by atoms with E-state index in [1.807, 2.05) is 0 Å². The molecule has 2 aromatic heterocycles. The summed E-state index contributed by atoms with van der Waals surface area (Å²) in [5.74, 6) is -0.919. The van der Waals surface area contributed by atoms with Crippen LogP contribution in [0.1, 0.15) is 6.42 Å². The van der Waals surface area contributed by atoms with Gasteiger partial charge in [-0.25, -0.2) is 14.4 Å². The van der Waals surface area contributed by atoms with E-state index in [4.69, 9.17) is 15.3 Å². The van der Waals surface area contributed by atoms with Crippen molar-refractivity contribution in [2.24, 2.45) is 10.9 Å². The SMILES string of the molecule is NCC1=NOC(COc2cc(F)cnc2-c2ccc(F)nc2)C1. The van der Waals surface area contributed by atoms with Gasteiger partial charge in [-0.1, -0.05) is 5.16 Å². The minimum atomic E-state index is -0.607. The van der Waals surface area contributed by atoms with Crippen molar-refractivity contribution < 1.29 is 18.4 Å². The van der Waals surface area contributed by atoms with E-state index in [0.717, 1.165) is 11.9 Å². The number of halogens is 2. The van der Waals surface area contributed by atoms with Gasteiger partial charge in [-0.2, -0.15) is 4.39 Å². The smallest absolute Gasteiger partial charge is 0.212 e. The van der Waals surface area contributed by atoms with Crippen molar-refractivity contribution in [3.8, 4) is 17.0 Å². The Bertz CT molecular complexity index is 722. The summed E-state index contributed by atoms with van der Waals surface area (Å²) in [7, 11) is 0. The summed E-state index contributed by atoms with van der Waals surface area (Å²) in [5, 5.41) is 3.83. The maximum atomic E-state index is 13.5. The standard InChI is InChI=1S/C15H14F2N4O2/c16-10-3-13(22-8-12-4-11(5-18)21-23-12)15(20-7-10)9-1-2-14(17)19-6-9/h1-3,6-7,12H,4-5,8,18H2. The molecule has 0 spiro atoms. The number of rotatable bonds is 5. The number of oxime groups is 1. The summed E-state index contributed by atoms with van der Waals surface area (Å²) in [6.07, 6.45) is 2.65. The molecule has 3 rings (SSSR count). The molecule has 1 aliphatic rings. The summed E-state index contributed by atoms with van der Waals surface area (Å²) in [6.45, 7) is 0.490. The van der Waals surface area contributed by atoms with E-state index in [1.54, 1.807) is 0 Å². The lowest BCUT2D eigenvalue weighted by molar-refractivity contribution is 0.0470. The number of hydrogen-bond acceptors (Lipinski definition) is 6. The van der Waals surface area contributed by atoms with E-state index in [-0.39, 0.29) is 18.5 Å². The van der Waals surface area contributed by atoms with Crippen LogP contribution in [0.15, 0.2) is 35.7 Å². The molecule has 0 saturated carbocycles. The monoisotopic (exact) mass is 320 g/mol. The highest BCUT2D eigenvalue weighted by Gasteiger charge is 2.21. The topological polar surface area (TPSA) is 82.6 Å². The molecule has 1 unspecified atom stereocenters. The second-order valence-electron chi connectivity index (χ2n) is 4.97. The molecule has 8 heteroatoms. The minimum Gasteiger partial charge on any atom is -0.487 e. The number of hydrogen-bond donors (Lipinski definition) is 1. The molecule has 1 atom stereocenters. The highest BCUT2D eigenvalue weighted by Crippen LogP contribution is 2.28. The van der Waals surface area contributed by atoms with Crippen LogP contribution in [0, 0.1) is 11.8 Å². The van der Waals surface area contributed by atoms with Gasteiger partial charge in [0, 0.05) is 30.8 Å². The average molecular weight is 320 g/mol. The second kappa shape index (κ2) is 6.66. The zero-order valence-corrected chi connectivity index (χ0v) is 12.1. The van der Waals surface area contributed by atoms with Crippen LogP contribution in [-0.2, 0) is 4.84 Å². The first-order valence-corrected chi connectivity index (χ1v) is 6.97.